The predicted octanol–water partition coefficient (Wildman–Crippen LogP) is 2.70. The minimum atomic E-state index is -0.506. The number of hydrogen-bond donors (Lipinski definition) is 1. The number of aliphatic hydroxyl groups is 1. The van der Waals surface area contributed by atoms with Gasteiger partial charge in [-0.1, -0.05) is 6.07 Å². The first-order chi connectivity index (χ1) is 9.08. The van der Waals surface area contributed by atoms with E-state index in [-0.39, 0.29) is 11.4 Å². The van der Waals surface area contributed by atoms with Crippen molar-refractivity contribution in [1.29, 1.82) is 0 Å². The zero-order valence-corrected chi connectivity index (χ0v) is 11.5. The summed E-state index contributed by atoms with van der Waals surface area (Å²) >= 11 is 0. The lowest BCUT2D eigenvalue weighted by Gasteiger charge is -2.41. The molecule has 0 bridgehead atoms. The molecule has 1 aromatic rings. The van der Waals surface area contributed by atoms with Crippen LogP contribution in [0.2, 0.25) is 0 Å². The van der Waals surface area contributed by atoms with Crippen molar-refractivity contribution in [3.8, 4) is 5.75 Å². The van der Waals surface area contributed by atoms with Crippen molar-refractivity contribution in [3.05, 3.63) is 29.6 Å². The van der Waals surface area contributed by atoms with E-state index in [0.717, 1.165) is 24.8 Å². The molecule has 0 heterocycles. The Morgan fingerprint density at radius 2 is 2.11 bits per heavy atom. The molecule has 3 nitrogen and oxygen atoms in total. The van der Waals surface area contributed by atoms with Crippen LogP contribution in [0, 0.1) is 5.82 Å². The molecule has 4 heteroatoms. The van der Waals surface area contributed by atoms with Gasteiger partial charge >= 0.3 is 0 Å². The average molecular weight is 268 g/mol. The highest BCUT2D eigenvalue weighted by Gasteiger charge is 2.38. The Hall–Kier alpha value is -1.13. The molecular formula is C15H21FO3. The molecule has 1 saturated carbocycles. The van der Waals surface area contributed by atoms with E-state index >= 15 is 0 Å². The maximum Gasteiger partial charge on any atom is 0.165 e. The molecule has 1 N–H and O–H groups in total. The van der Waals surface area contributed by atoms with Crippen LogP contribution in [0.15, 0.2) is 18.2 Å². The van der Waals surface area contributed by atoms with Gasteiger partial charge < -0.3 is 14.6 Å². The maximum atomic E-state index is 13.6. The number of benzene rings is 1. The SMILES string of the molecule is COc1ccc(CC(O)CC2(OC)CCC2)cc1F. The standard InChI is InChI=1S/C15H21FO3/c1-18-14-5-4-11(9-13(14)16)8-12(17)10-15(19-2)6-3-7-15/h4-5,9,12,17H,3,6-8,10H2,1-2H3. The monoisotopic (exact) mass is 268 g/mol. The summed E-state index contributed by atoms with van der Waals surface area (Å²) in [6, 6.07) is 4.79. The van der Waals surface area contributed by atoms with Gasteiger partial charge in [-0.2, -0.15) is 0 Å². The maximum absolute atomic E-state index is 13.6. The van der Waals surface area contributed by atoms with Crippen LogP contribution in [0.4, 0.5) is 4.39 Å². The fourth-order valence-electron chi connectivity index (χ4n) is 2.67. The molecule has 2 rings (SSSR count). The third-order valence-electron chi connectivity index (χ3n) is 3.99. The number of ether oxygens (including phenoxy) is 2. The van der Waals surface area contributed by atoms with Crippen molar-refractivity contribution in [2.45, 2.75) is 43.8 Å². The van der Waals surface area contributed by atoms with Gasteiger partial charge in [-0.15, -0.1) is 0 Å². The van der Waals surface area contributed by atoms with Crippen LogP contribution in [0.1, 0.15) is 31.2 Å². The van der Waals surface area contributed by atoms with Gasteiger partial charge in [0.25, 0.3) is 0 Å². The lowest BCUT2D eigenvalue weighted by atomic mass is 9.75. The fraction of sp³-hybridized carbons (Fsp3) is 0.600. The van der Waals surface area contributed by atoms with Gasteiger partial charge in [-0.3, -0.25) is 0 Å². The van der Waals surface area contributed by atoms with E-state index in [9.17, 15) is 9.50 Å². The molecule has 0 radical (unpaired) electrons. The first kappa shape index (κ1) is 14.3. The van der Waals surface area contributed by atoms with Crippen LogP contribution < -0.4 is 4.74 Å². The molecule has 0 aromatic heterocycles. The van der Waals surface area contributed by atoms with Crippen LogP contribution in [0.5, 0.6) is 5.75 Å². The Bertz CT molecular complexity index is 424. The van der Waals surface area contributed by atoms with E-state index in [1.807, 2.05) is 0 Å². The minimum Gasteiger partial charge on any atom is -0.494 e. The zero-order chi connectivity index (χ0) is 13.9. The van der Waals surface area contributed by atoms with Gasteiger partial charge in [0, 0.05) is 13.5 Å². The lowest BCUT2D eigenvalue weighted by molar-refractivity contribution is -0.0989. The fourth-order valence-corrected chi connectivity index (χ4v) is 2.67. The summed E-state index contributed by atoms with van der Waals surface area (Å²) in [5.41, 5.74) is 0.612. The second kappa shape index (κ2) is 5.88. The molecule has 1 fully saturated rings. The Kier molecular flexibility index (Phi) is 4.42. The number of rotatable bonds is 6. The highest BCUT2D eigenvalue weighted by Crippen LogP contribution is 2.39. The number of hydrogen-bond acceptors (Lipinski definition) is 3. The quantitative estimate of drug-likeness (QED) is 0.862. The smallest absolute Gasteiger partial charge is 0.165 e. The van der Waals surface area contributed by atoms with Crippen LogP contribution in [-0.4, -0.2) is 31.0 Å². The molecule has 19 heavy (non-hydrogen) atoms. The van der Waals surface area contributed by atoms with Crippen molar-refractivity contribution < 1.29 is 19.0 Å². The lowest BCUT2D eigenvalue weighted by Crippen LogP contribution is -2.42. The molecule has 1 aliphatic carbocycles. The third kappa shape index (κ3) is 3.25. The van der Waals surface area contributed by atoms with Gasteiger partial charge in [0.05, 0.1) is 18.8 Å². The molecule has 0 saturated heterocycles. The Balaban J connectivity index is 1.95. The Labute approximate surface area is 113 Å². The Morgan fingerprint density at radius 3 is 2.58 bits per heavy atom. The van der Waals surface area contributed by atoms with Gasteiger partial charge in [-0.05, 0) is 43.4 Å². The van der Waals surface area contributed by atoms with E-state index in [2.05, 4.69) is 0 Å². The topological polar surface area (TPSA) is 38.7 Å². The summed E-state index contributed by atoms with van der Waals surface area (Å²) < 4.78 is 23.9. The molecule has 1 aromatic carbocycles. The van der Waals surface area contributed by atoms with Gasteiger partial charge in [0.15, 0.2) is 11.6 Å². The third-order valence-corrected chi connectivity index (χ3v) is 3.99. The molecule has 1 atom stereocenters. The van der Waals surface area contributed by atoms with Gasteiger partial charge in [-0.25, -0.2) is 4.39 Å². The summed E-state index contributed by atoms with van der Waals surface area (Å²) in [6.07, 6.45) is 3.68. The predicted molar refractivity (Wildman–Crippen MR) is 70.9 cm³/mol. The number of halogens is 1. The summed E-state index contributed by atoms with van der Waals surface area (Å²) in [5.74, 6) is -0.164. The van der Waals surface area contributed by atoms with Crippen LogP contribution in [0.25, 0.3) is 0 Å². The van der Waals surface area contributed by atoms with Crippen LogP contribution in [-0.2, 0) is 11.2 Å². The van der Waals surface area contributed by atoms with E-state index in [1.165, 1.54) is 13.2 Å². The van der Waals surface area contributed by atoms with Crippen LogP contribution >= 0.6 is 0 Å². The molecule has 1 unspecified atom stereocenters. The average Bonchev–Trinajstić information content (AvgIpc) is 2.34. The second-order valence-corrected chi connectivity index (χ2v) is 5.27. The van der Waals surface area contributed by atoms with E-state index in [4.69, 9.17) is 9.47 Å². The van der Waals surface area contributed by atoms with Crippen molar-refractivity contribution in [2.24, 2.45) is 0 Å². The summed E-state index contributed by atoms with van der Waals surface area (Å²) in [6.45, 7) is 0. The first-order valence-electron chi connectivity index (χ1n) is 6.64. The van der Waals surface area contributed by atoms with Gasteiger partial charge in [0.1, 0.15) is 0 Å². The summed E-state index contributed by atoms with van der Waals surface area (Å²) in [5, 5.41) is 10.1. The first-order valence-corrected chi connectivity index (χ1v) is 6.64. The molecule has 1 aliphatic rings. The van der Waals surface area contributed by atoms with Crippen LogP contribution in [0.3, 0.4) is 0 Å². The summed E-state index contributed by atoms with van der Waals surface area (Å²) in [4.78, 5) is 0. The molecule has 0 aliphatic heterocycles. The van der Waals surface area contributed by atoms with Crippen molar-refractivity contribution in [3.63, 3.8) is 0 Å². The molecule has 0 amide bonds. The second-order valence-electron chi connectivity index (χ2n) is 5.27. The van der Waals surface area contributed by atoms with Crippen molar-refractivity contribution in [2.75, 3.05) is 14.2 Å². The van der Waals surface area contributed by atoms with Crippen molar-refractivity contribution in [1.82, 2.24) is 0 Å². The largest absolute Gasteiger partial charge is 0.494 e. The van der Waals surface area contributed by atoms with Gasteiger partial charge in [0.2, 0.25) is 0 Å². The highest BCUT2D eigenvalue weighted by atomic mass is 19.1. The Morgan fingerprint density at radius 1 is 1.37 bits per heavy atom. The zero-order valence-electron chi connectivity index (χ0n) is 11.5. The van der Waals surface area contributed by atoms with E-state index < -0.39 is 11.9 Å². The summed E-state index contributed by atoms with van der Waals surface area (Å²) in [7, 11) is 3.13. The molecular weight excluding hydrogens is 247 g/mol. The normalized spacial score (nSPS) is 18.7. The highest BCUT2D eigenvalue weighted by molar-refractivity contribution is 5.29. The van der Waals surface area contributed by atoms with E-state index in [0.29, 0.717) is 12.8 Å². The molecule has 106 valence electrons. The molecule has 0 spiro atoms. The minimum absolute atomic E-state index is 0.162. The van der Waals surface area contributed by atoms with Crippen molar-refractivity contribution >= 4 is 0 Å². The van der Waals surface area contributed by atoms with E-state index in [1.54, 1.807) is 19.2 Å². The number of aliphatic hydroxyl groups excluding tert-OH is 1. The number of methoxy groups -OCH3 is 2.